The molecule has 0 saturated carbocycles. The van der Waals surface area contributed by atoms with Crippen LogP contribution in [-0.4, -0.2) is 74.0 Å². The summed E-state index contributed by atoms with van der Waals surface area (Å²) >= 11 is 0. The lowest BCUT2D eigenvalue weighted by Gasteiger charge is -2.35. The molecule has 0 aliphatic carbocycles. The van der Waals surface area contributed by atoms with Crippen LogP contribution in [0.4, 0.5) is 0 Å². The van der Waals surface area contributed by atoms with E-state index >= 15 is 0 Å². The first-order valence-corrected chi connectivity index (χ1v) is 6.25. The van der Waals surface area contributed by atoms with E-state index < -0.39 is 0 Å². The highest BCUT2D eigenvalue weighted by Gasteiger charge is 2.21. The van der Waals surface area contributed by atoms with E-state index in [9.17, 15) is 0 Å². The molecule has 4 heteroatoms. The number of hydrogen-bond donors (Lipinski definition) is 1. The van der Waals surface area contributed by atoms with Crippen molar-refractivity contribution in [1.82, 2.24) is 9.80 Å². The molecule has 0 bridgehead atoms. The molecule has 0 spiro atoms. The predicted octanol–water partition coefficient (Wildman–Crippen LogP) is 0.267. The lowest BCUT2D eigenvalue weighted by molar-refractivity contribution is -0.0442. The molecule has 1 N–H and O–H groups in total. The minimum Gasteiger partial charge on any atom is -0.395 e. The number of nitrogens with zero attached hydrogens (tertiary/aromatic N) is 2. The lowest BCUT2D eigenvalue weighted by atomic mass is 10.2. The third-order valence-electron chi connectivity index (χ3n) is 2.84. The fourth-order valence-corrected chi connectivity index (χ4v) is 2.18. The van der Waals surface area contributed by atoms with E-state index in [0.29, 0.717) is 12.0 Å². The summed E-state index contributed by atoms with van der Waals surface area (Å²) < 4.78 is 5.74. The van der Waals surface area contributed by atoms with Gasteiger partial charge in [-0.05, 0) is 13.0 Å². The van der Waals surface area contributed by atoms with Gasteiger partial charge >= 0.3 is 0 Å². The molecule has 0 amide bonds. The number of aliphatic hydroxyl groups is 1. The largest absolute Gasteiger partial charge is 0.395 e. The van der Waals surface area contributed by atoms with Gasteiger partial charge in [0, 0.05) is 32.7 Å². The normalized spacial score (nSPS) is 23.2. The van der Waals surface area contributed by atoms with Crippen LogP contribution in [0.25, 0.3) is 0 Å². The second kappa shape index (κ2) is 7.22. The Labute approximate surface area is 99.2 Å². The number of rotatable bonds is 6. The Hall–Kier alpha value is -0.160. The van der Waals surface area contributed by atoms with Gasteiger partial charge in [0.1, 0.15) is 0 Å². The molecule has 0 aromatic rings. The van der Waals surface area contributed by atoms with Crippen LogP contribution >= 0.6 is 0 Å². The van der Waals surface area contributed by atoms with Crippen molar-refractivity contribution in [3.63, 3.8) is 0 Å². The number of ether oxygens (including phenoxy) is 1. The number of morpholine rings is 1. The lowest BCUT2D eigenvalue weighted by Crippen LogP contribution is -2.48. The molecule has 4 nitrogen and oxygen atoms in total. The highest BCUT2D eigenvalue weighted by molar-refractivity contribution is 4.74. The van der Waals surface area contributed by atoms with Crippen LogP contribution in [0.3, 0.4) is 0 Å². The summed E-state index contributed by atoms with van der Waals surface area (Å²) in [6.07, 6.45) is 0.295. The Kier molecular flexibility index (Phi) is 6.28. The number of hydrogen-bond acceptors (Lipinski definition) is 4. The van der Waals surface area contributed by atoms with Crippen LogP contribution in [0, 0.1) is 5.92 Å². The van der Waals surface area contributed by atoms with E-state index in [-0.39, 0.29) is 6.61 Å². The maximum atomic E-state index is 8.84. The van der Waals surface area contributed by atoms with Crippen LogP contribution in [0.5, 0.6) is 0 Å². The summed E-state index contributed by atoms with van der Waals surface area (Å²) in [4.78, 5) is 4.61. The van der Waals surface area contributed by atoms with Crippen LogP contribution in [0.15, 0.2) is 0 Å². The fraction of sp³-hybridized carbons (Fsp3) is 1.00. The molecule has 1 saturated heterocycles. The van der Waals surface area contributed by atoms with E-state index in [1.54, 1.807) is 0 Å². The Morgan fingerprint density at radius 1 is 1.50 bits per heavy atom. The standard InChI is InChI=1S/C12H26N2O2/c1-11(2)8-14-5-7-16-12(10-14)9-13(3)4-6-15/h11-12,15H,4-10H2,1-3H3. The van der Waals surface area contributed by atoms with Crippen LogP contribution in [0.1, 0.15) is 13.8 Å². The molecule has 0 aromatic carbocycles. The third kappa shape index (κ3) is 5.25. The van der Waals surface area contributed by atoms with E-state index in [2.05, 4.69) is 23.6 Å². The van der Waals surface area contributed by atoms with Crippen molar-refractivity contribution in [2.24, 2.45) is 5.92 Å². The first-order valence-electron chi connectivity index (χ1n) is 6.25. The monoisotopic (exact) mass is 230 g/mol. The van der Waals surface area contributed by atoms with Gasteiger partial charge in [0.2, 0.25) is 0 Å². The van der Waals surface area contributed by atoms with Gasteiger partial charge in [-0.3, -0.25) is 4.90 Å². The molecule has 1 atom stereocenters. The molecule has 16 heavy (non-hydrogen) atoms. The van der Waals surface area contributed by atoms with Gasteiger partial charge in [-0.1, -0.05) is 13.8 Å². The topological polar surface area (TPSA) is 35.9 Å². The molecule has 1 fully saturated rings. The van der Waals surface area contributed by atoms with Crippen LogP contribution < -0.4 is 0 Å². The van der Waals surface area contributed by atoms with Crippen molar-refractivity contribution in [3.05, 3.63) is 0 Å². The first kappa shape index (κ1) is 13.9. The quantitative estimate of drug-likeness (QED) is 0.710. The van der Waals surface area contributed by atoms with E-state index in [1.165, 1.54) is 0 Å². The zero-order valence-corrected chi connectivity index (χ0v) is 10.9. The molecule has 1 unspecified atom stereocenters. The summed E-state index contributed by atoms with van der Waals surface area (Å²) in [5.74, 6) is 0.717. The molecule has 1 aliphatic rings. The van der Waals surface area contributed by atoms with Crippen molar-refractivity contribution in [2.45, 2.75) is 20.0 Å². The Balaban J connectivity index is 2.27. The summed E-state index contributed by atoms with van der Waals surface area (Å²) in [6, 6.07) is 0. The van der Waals surface area contributed by atoms with Gasteiger partial charge in [-0.2, -0.15) is 0 Å². The smallest absolute Gasteiger partial charge is 0.0829 e. The van der Waals surface area contributed by atoms with E-state index in [0.717, 1.165) is 39.3 Å². The highest BCUT2D eigenvalue weighted by atomic mass is 16.5. The Morgan fingerprint density at radius 2 is 2.25 bits per heavy atom. The van der Waals surface area contributed by atoms with Crippen molar-refractivity contribution < 1.29 is 9.84 Å². The van der Waals surface area contributed by atoms with Gasteiger partial charge in [-0.25, -0.2) is 0 Å². The fourth-order valence-electron chi connectivity index (χ4n) is 2.18. The number of aliphatic hydroxyl groups excluding tert-OH is 1. The van der Waals surface area contributed by atoms with Crippen molar-refractivity contribution in [1.29, 1.82) is 0 Å². The molecule has 1 aliphatic heterocycles. The zero-order chi connectivity index (χ0) is 12.0. The van der Waals surface area contributed by atoms with Crippen molar-refractivity contribution >= 4 is 0 Å². The Morgan fingerprint density at radius 3 is 2.88 bits per heavy atom. The van der Waals surface area contributed by atoms with Crippen LogP contribution in [-0.2, 0) is 4.74 Å². The number of likely N-dealkylation sites (N-methyl/N-ethyl adjacent to an activating group) is 1. The van der Waals surface area contributed by atoms with Crippen LogP contribution in [0.2, 0.25) is 0 Å². The molecule has 0 aromatic heterocycles. The molecule has 1 rings (SSSR count). The van der Waals surface area contributed by atoms with E-state index in [4.69, 9.17) is 9.84 Å². The van der Waals surface area contributed by atoms with Crippen molar-refractivity contribution in [2.75, 3.05) is 53.0 Å². The minimum absolute atomic E-state index is 0.221. The first-order chi connectivity index (χ1) is 7.61. The molecular formula is C12H26N2O2. The maximum absolute atomic E-state index is 8.84. The summed E-state index contributed by atoms with van der Waals surface area (Å²) in [5.41, 5.74) is 0. The van der Waals surface area contributed by atoms with Gasteiger partial charge in [-0.15, -0.1) is 0 Å². The second-order valence-electron chi connectivity index (χ2n) is 5.13. The average molecular weight is 230 g/mol. The summed E-state index contributed by atoms with van der Waals surface area (Å²) in [5, 5.41) is 8.84. The van der Waals surface area contributed by atoms with E-state index in [1.807, 2.05) is 7.05 Å². The average Bonchev–Trinajstić information content (AvgIpc) is 2.17. The Bertz CT molecular complexity index is 188. The van der Waals surface area contributed by atoms with Gasteiger partial charge < -0.3 is 14.7 Å². The second-order valence-corrected chi connectivity index (χ2v) is 5.13. The molecular weight excluding hydrogens is 204 g/mol. The summed E-state index contributed by atoms with van der Waals surface area (Å²) in [6.45, 7) is 10.4. The molecule has 0 radical (unpaired) electrons. The van der Waals surface area contributed by atoms with Gasteiger partial charge in [0.05, 0.1) is 19.3 Å². The van der Waals surface area contributed by atoms with Gasteiger partial charge in [0.25, 0.3) is 0 Å². The maximum Gasteiger partial charge on any atom is 0.0829 e. The third-order valence-corrected chi connectivity index (χ3v) is 2.84. The van der Waals surface area contributed by atoms with Gasteiger partial charge in [0.15, 0.2) is 0 Å². The SMILES string of the molecule is CC(C)CN1CCOC(CN(C)CCO)C1. The molecule has 1 heterocycles. The van der Waals surface area contributed by atoms with Crippen molar-refractivity contribution in [3.8, 4) is 0 Å². The minimum atomic E-state index is 0.221. The zero-order valence-electron chi connectivity index (χ0n) is 10.9. The summed E-state index contributed by atoms with van der Waals surface area (Å²) in [7, 11) is 2.03. The highest BCUT2D eigenvalue weighted by Crippen LogP contribution is 2.08. The molecule has 96 valence electrons. The predicted molar refractivity (Wildman–Crippen MR) is 65.6 cm³/mol.